The first-order chi connectivity index (χ1) is 12.1. The molecule has 2 saturated carbocycles. The lowest BCUT2D eigenvalue weighted by Gasteiger charge is -2.24. The Bertz CT molecular complexity index is 709. The Morgan fingerprint density at radius 2 is 1.92 bits per heavy atom. The van der Waals surface area contributed by atoms with Crippen LogP contribution in [-0.4, -0.2) is 23.6 Å². The third-order valence-corrected chi connectivity index (χ3v) is 5.56. The van der Waals surface area contributed by atoms with Crippen molar-refractivity contribution in [2.24, 2.45) is 29.6 Å². The van der Waals surface area contributed by atoms with E-state index in [0.29, 0.717) is 12.3 Å². The molecule has 5 heteroatoms. The Balaban J connectivity index is 1.40. The molecule has 1 aromatic rings. The van der Waals surface area contributed by atoms with E-state index in [9.17, 15) is 14.7 Å². The molecule has 0 saturated heterocycles. The number of ether oxygens (including phenoxy) is 1. The van der Waals surface area contributed by atoms with Gasteiger partial charge in [0.05, 0.1) is 18.4 Å². The molecule has 4 atom stereocenters. The molecule has 2 N–H and O–H groups in total. The number of anilines is 1. The van der Waals surface area contributed by atoms with Crippen molar-refractivity contribution in [2.75, 3.05) is 11.9 Å². The fourth-order valence-electron chi connectivity index (χ4n) is 4.11. The summed E-state index contributed by atoms with van der Waals surface area (Å²) in [4.78, 5) is 24.3. The van der Waals surface area contributed by atoms with E-state index in [2.05, 4.69) is 5.32 Å². The van der Waals surface area contributed by atoms with Crippen molar-refractivity contribution >= 4 is 17.6 Å². The van der Waals surface area contributed by atoms with Gasteiger partial charge in [0, 0.05) is 12.3 Å². The summed E-state index contributed by atoms with van der Waals surface area (Å²) >= 11 is 0. The second-order valence-corrected chi connectivity index (χ2v) is 7.49. The number of fused-ring (bicyclic) bond motifs is 2. The highest BCUT2D eigenvalue weighted by atomic mass is 16.5. The Hall–Kier alpha value is -2.14. The zero-order valence-electron chi connectivity index (χ0n) is 14.1. The molecule has 4 rings (SSSR count). The Morgan fingerprint density at radius 1 is 1.16 bits per heavy atom. The number of aliphatic carboxylic acids is 1. The van der Waals surface area contributed by atoms with Gasteiger partial charge in [0.25, 0.3) is 0 Å². The fraction of sp³-hybridized carbons (Fsp3) is 0.500. The first-order valence-corrected chi connectivity index (χ1v) is 9.00. The predicted octanol–water partition coefficient (Wildman–Crippen LogP) is 3.07. The summed E-state index contributed by atoms with van der Waals surface area (Å²) in [6, 6.07) is 7.61. The van der Waals surface area contributed by atoms with E-state index in [1.165, 1.54) is 12.8 Å². The highest BCUT2D eigenvalue weighted by Crippen LogP contribution is 2.48. The van der Waals surface area contributed by atoms with E-state index in [-0.39, 0.29) is 17.7 Å². The number of carboxylic acid groups (broad SMARTS) is 1. The first-order valence-electron chi connectivity index (χ1n) is 9.00. The van der Waals surface area contributed by atoms with Crippen molar-refractivity contribution in [3.05, 3.63) is 42.0 Å². The lowest BCUT2D eigenvalue weighted by molar-refractivity contribution is -0.146. The molecule has 132 valence electrons. The third-order valence-electron chi connectivity index (χ3n) is 5.56. The lowest BCUT2D eigenvalue weighted by atomic mass is 9.82. The number of carbonyl (C=O) groups is 2. The van der Waals surface area contributed by atoms with Gasteiger partial charge < -0.3 is 15.2 Å². The number of benzene rings is 1. The molecule has 1 amide bonds. The maximum Gasteiger partial charge on any atom is 0.307 e. The molecule has 3 aliphatic carbocycles. The van der Waals surface area contributed by atoms with E-state index in [4.69, 9.17) is 4.74 Å². The number of carbonyl (C=O) groups excluding carboxylic acids is 1. The number of allylic oxidation sites excluding steroid dienone is 2. The summed E-state index contributed by atoms with van der Waals surface area (Å²) in [5.74, 6) is -1.42. The normalized spacial score (nSPS) is 29.8. The van der Waals surface area contributed by atoms with E-state index >= 15 is 0 Å². The molecule has 5 nitrogen and oxygen atoms in total. The second-order valence-electron chi connectivity index (χ2n) is 7.49. The SMILES string of the molecule is O=C(O)C1C2C=CC(C2)C1C(=O)Nc1cccc(COCC2CC2)c1. The highest BCUT2D eigenvalue weighted by molar-refractivity contribution is 5.96. The summed E-state index contributed by atoms with van der Waals surface area (Å²) in [5.41, 5.74) is 1.72. The Kier molecular flexibility index (Phi) is 4.34. The van der Waals surface area contributed by atoms with Gasteiger partial charge in [-0.3, -0.25) is 9.59 Å². The standard InChI is InChI=1S/C20H23NO4/c22-19(17-14-6-7-15(9-14)18(17)20(23)24)21-16-3-1-2-13(8-16)11-25-10-12-4-5-12/h1-3,6-8,12,14-15,17-18H,4-5,9-11H2,(H,21,22)(H,23,24). The largest absolute Gasteiger partial charge is 0.481 e. The molecule has 0 aliphatic heterocycles. The van der Waals surface area contributed by atoms with Gasteiger partial charge in [-0.05, 0) is 54.7 Å². The van der Waals surface area contributed by atoms with Crippen LogP contribution in [0.3, 0.4) is 0 Å². The summed E-state index contributed by atoms with van der Waals surface area (Å²) in [6.45, 7) is 1.34. The molecule has 1 aromatic carbocycles. The molecule has 2 fully saturated rings. The summed E-state index contributed by atoms with van der Waals surface area (Å²) in [5, 5.41) is 12.4. The van der Waals surface area contributed by atoms with E-state index in [1.54, 1.807) is 0 Å². The molecular weight excluding hydrogens is 318 g/mol. The molecule has 0 heterocycles. The van der Waals surface area contributed by atoms with Gasteiger partial charge in [-0.15, -0.1) is 0 Å². The number of carboxylic acids is 1. The van der Waals surface area contributed by atoms with Gasteiger partial charge in [0.2, 0.25) is 5.91 Å². The van der Waals surface area contributed by atoms with Crippen LogP contribution < -0.4 is 5.32 Å². The van der Waals surface area contributed by atoms with Crippen LogP contribution in [0.4, 0.5) is 5.69 Å². The maximum absolute atomic E-state index is 12.7. The average molecular weight is 341 g/mol. The van der Waals surface area contributed by atoms with Gasteiger partial charge in [-0.2, -0.15) is 0 Å². The minimum absolute atomic E-state index is 0.0135. The average Bonchev–Trinajstić information content (AvgIpc) is 3.17. The zero-order valence-corrected chi connectivity index (χ0v) is 14.1. The minimum Gasteiger partial charge on any atom is -0.481 e. The Morgan fingerprint density at radius 3 is 2.64 bits per heavy atom. The number of nitrogens with one attached hydrogen (secondary N) is 1. The summed E-state index contributed by atoms with van der Waals surface area (Å²) in [7, 11) is 0. The second kappa shape index (κ2) is 6.64. The van der Waals surface area contributed by atoms with Crippen LogP contribution in [0, 0.1) is 29.6 Å². The number of hydrogen-bond acceptors (Lipinski definition) is 3. The molecule has 2 bridgehead atoms. The summed E-state index contributed by atoms with van der Waals surface area (Å²) < 4.78 is 5.69. The molecule has 0 spiro atoms. The molecular formula is C20H23NO4. The highest BCUT2D eigenvalue weighted by Gasteiger charge is 2.51. The summed E-state index contributed by atoms with van der Waals surface area (Å²) in [6.07, 6.45) is 7.24. The van der Waals surface area contributed by atoms with Crippen LogP contribution in [-0.2, 0) is 20.9 Å². The topological polar surface area (TPSA) is 75.6 Å². The van der Waals surface area contributed by atoms with Crippen molar-refractivity contribution in [3.8, 4) is 0 Å². The van der Waals surface area contributed by atoms with E-state index in [1.807, 2.05) is 36.4 Å². The van der Waals surface area contributed by atoms with Crippen LogP contribution in [0.1, 0.15) is 24.8 Å². The number of rotatable bonds is 7. The fourth-order valence-corrected chi connectivity index (χ4v) is 4.11. The van der Waals surface area contributed by atoms with E-state index < -0.39 is 17.8 Å². The molecule has 4 unspecified atom stereocenters. The van der Waals surface area contributed by atoms with Crippen LogP contribution in [0.2, 0.25) is 0 Å². The first kappa shape index (κ1) is 16.3. The van der Waals surface area contributed by atoms with Crippen molar-refractivity contribution in [3.63, 3.8) is 0 Å². The van der Waals surface area contributed by atoms with Gasteiger partial charge in [0.1, 0.15) is 0 Å². The smallest absolute Gasteiger partial charge is 0.307 e. The molecule has 0 radical (unpaired) electrons. The van der Waals surface area contributed by atoms with Crippen molar-refractivity contribution in [1.82, 2.24) is 0 Å². The monoisotopic (exact) mass is 341 g/mol. The van der Waals surface area contributed by atoms with Crippen LogP contribution in [0.5, 0.6) is 0 Å². The van der Waals surface area contributed by atoms with Gasteiger partial charge in [0.15, 0.2) is 0 Å². The van der Waals surface area contributed by atoms with Crippen molar-refractivity contribution in [1.29, 1.82) is 0 Å². The predicted molar refractivity (Wildman–Crippen MR) is 92.8 cm³/mol. The molecule has 0 aromatic heterocycles. The van der Waals surface area contributed by atoms with Crippen molar-refractivity contribution < 1.29 is 19.4 Å². The van der Waals surface area contributed by atoms with Gasteiger partial charge in [-0.25, -0.2) is 0 Å². The van der Waals surface area contributed by atoms with Crippen molar-refractivity contribution in [2.45, 2.75) is 25.9 Å². The van der Waals surface area contributed by atoms with Gasteiger partial charge >= 0.3 is 5.97 Å². The lowest BCUT2D eigenvalue weighted by Crippen LogP contribution is -2.36. The molecule has 3 aliphatic rings. The Labute approximate surface area is 147 Å². The minimum atomic E-state index is -0.876. The maximum atomic E-state index is 12.7. The van der Waals surface area contributed by atoms with Crippen LogP contribution in [0.15, 0.2) is 36.4 Å². The van der Waals surface area contributed by atoms with Crippen LogP contribution >= 0.6 is 0 Å². The zero-order chi connectivity index (χ0) is 17.4. The molecule has 25 heavy (non-hydrogen) atoms. The van der Waals surface area contributed by atoms with Crippen LogP contribution in [0.25, 0.3) is 0 Å². The number of amides is 1. The van der Waals surface area contributed by atoms with E-state index in [0.717, 1.165) is 24.5 Å². The third kappa shape index (κ3) is 3.47. The quantitative estimate of drug-likeness (QED) is 0.747. The van der Waals surface area contributed by atoms with Gasteiger partial charge in [-0.1, -0.05) is 24.3 Å². The number of hydrogen-bond donors (Lipinski definition) is 2.